The number of benzene rings is 2. The second kappa shape index (κ2) is 12.7. The summed E-state index contributed by atoms with van der Waals surface area (Å²) in [7, 11) is 0. The van der Waals surface area contributed by atoms with Gasteiger partial charge in [0.1, 0.15) is 23.5 Å². The molecule has 0 unspecified atom stereocenters. The molecular weight excluding hydrogens is 488 g/mol. The molecule has 32 heavy (non-hydrogen) atoms. The molecule has 2 aromatic carbocycles. The summed E-state index contributed by atoms with van der Waals surface area (Å²) in [5, 5.41) is 3.09. The van der Waals surface area contributed by atoms with Gasteiger partial charge in [0, 0.05) is 40.5 Å². The van der Waals surface area contributed by atoms with E-state index in [1.54, 1.807) is 29.0 Å². The van der Waals surface area contributed by atoms with E-state index in [2.05, 4.69) is 14.6 Å². The second-order valence-corrected chi connectivity index (χ2v) is 9.44. The molecule has 9 heteroatoms. The topological polar surface area (TPSA) is 37.4 Å². The molecule has 0 bridgehead atoms. The molecule has 1 aromatic heterocycles. The number of rotatable bonds is 7. The van der Waals surface area contributed by atoms with Crippen LogP contribution in [0.4, 0.5) is 10.2 Å². The average Bonchev–Trinajstić information content (AvgIpc) is 3.33. The molecule has 1 aliphatic rings. The average molecular weight is 515 g/mol. The van der Waals surface area contributed by atoms with Crippen LogP contribution in [0.3, 0.4) is 0 Å². The van der Waals surface area contributed by atoms with E-state index >= 15 is 0 Å². The Morgan fingerprint density at radius 1 is 1.19 bits per heavy atom. The van der Waals surface area contributed by atoms with Crippen molar-refractivity contribution in [3.8, 4) is 5.75 Å². The van der Waals surface area contributed by atoms with Crippen LogP contribution in [0.25, 0.3) is 0 Å². The number of aromatic nitrogens is 1. The van der Waals surface area contributed by atoms with Crippen LogP contribution < -0.4 is 9.46 Å². The van der Waals surface area contributed by atoms with E-state index in [-0.39, 0.29) is 11.9 Å². The van der Waals surface area contributed by atoms with Crippen molar-refractivity contribution in [1.82, 2.24) is 9.88 Å². The van der Waals surface area contributed by atoms with E-state index in [0.717, 1.165) is 36.6 Å². The lowest BCUT2D eigenvalue weighted by Crippen LogP contribution is -2.38. The van der Waals surface area contributed by atoms with Crippen molar-refractivity contribution in [3.63, 3.8) is 0 Å². The minimum absolute atomic E-state index is 0.0922. The van der Waals surface area contributed by atoms with Crippen molar-refractivity contribution in [1.29, 1.82) is 0 Å². The van der Waals surface area contributed by atoms with E-state index in [4.69, 9.17) is 27.9 Å². The Bertz CT molecular complexity index is 983. The van der Waals surface area contributed by atoms with Gasteiger partial charge < -0.3 is 9.46 Å². The van der Waals surface area contributed by atoms with Gasteiger partial charge in [-0.1, -0.05) is 37.0 Å². The van der Waals surface area contributed by atoms with Crippen molar-refractivity contribution in [2.75, 3.05) is 17.8 Å². The van der Waals surface area contributed by atoms with Gasteiger partial charge in [-0.05, 0) is 61.2 Å². The van der Waals surface area contributed by atoms with Crippen molar-refractivity contribution in [2.24, 2.45) is 0 Å². The number of ether oxygens (including phenoxy) is 1. The van der Waals surface area contributed by atoms with E-state index < -0.39 is 0 Å². The zero-order valence-electron chi connectivity index (χ0n) is 18.0. The van der Waals surface area contributed by atoms with Crippen LogP contribution in [0.15, 0.2) is 52.2 Å². The lowest BCUT2D eigenvalue weighted by molar-refractivity contribution is 0.0962. The van der Waals surface area contributed by atoms with Gasteiger partial charge >= 0.3 is 0 Å². The molecule has 1 N–H and O–H groups in total. The van der Waals surface area contributed by atoms with E-state index in [0.29, 0.717) is 27.9 Å². The fourth-order valence-corrected chi connectivity index (χ4v) is 4.97. The van der Waals surface area contributed by atoms with Crippen LogP contribution >= 0.6 is 46.5 Å². The monoisotopic (exact) mass is 513 g/mol. The first-order valence-corrected chi connectivity index (χ1v) is 13.0. The molecule has 0 saturated carbocycles. The third kappa shape index (κ3) is 7.25. The van der Waals surface area contributed by atoms with Crippen molar-refractivity contribution >= 4 is 52.3 Å². The predicted octanol–water partition coefficient (Wildman–Crippen LogP) is 7.78. The fourth-order valence-electron chi connectivity index (χ4n) is 3.28. The van der Waals surface area contributed by atoms with Crippen LogP contribution in [0.2, 0.25) is 10.0 Å². The molecule has 1 aliphatic heterocycles. The molecule has 1 fully saturated rings. The molecule has 172 valence electrons. The summed E-state index contributed by atoms with van der Waals surface area (Å²) >= 11 is 15.4. The smallest absolute Gasteiger partial charge is 0.147 e. The zero-order chi connectivity index (χ0) is 22.9. The summed E-state index contributed by atoms with van der Waals surface area (Å²) < 4.78 is 23.3. The summed E-state index contributed by atoms with van der Waals surface area (Å²) in [6.45, 7) is 6.22. The first-order chi connectivity index (χ1) is 15.6. The Kier molecular flexibility index (Phi) is 9.93. The van der Waals surface area contributed by atoms with Gasteiger partial charge in [-0.15, -0.1) is 11.3 Å². The highest BCUT2D eigenvalue weighted by Crippen LogP contribution is 2.32. The Morgan fingerprint density at radius 2 is 1.97 bits per heavy atom. The molecular formula is C23H26Cl2FN3OS2. The third-order valence-electron chi connectivity index (χ3n) is 4.84. The summed E-state index contributed by atoms with van der Waals surface area (Å²) in [6, 6.07) is 10.5. The van der Waals surface area contributed by atoms with Gasteiger partial charge in [0.15, 0.2) is 0 Å². The summed E-state index contributed by atoms with van der Waals surface area (Å²) in [4.78, 5) is 7.39. The van der Waals surface area contributed by atoms with Crippen LogP contribution in [0, 0.1) is 5.82 Å². The SMILES string of the molecule is CC.Fc1ccc(Cl)cc1CN1CCC(Oc2ccc(SNc3cscn3)cc2Cl)CC1. The van der Waals surface area contributed by atoms with Gasteiger partial charge in [-0.3, -0.25) is 4.90 Å². The maximum Gasteiger partial charge on any atom is 0.147 e. The maximum atomic E-state index is 14.0. The first-order valence-electron chi connectivity index (χ1n) is 10.5. The Morgan fingerprint density at radius 3 is 2.66 bits per heavy atom. The molecule has 0 amide bonds. The fraction of sp³-hybridized carbons (Fsp3) is 0.348. The number of piperidine rings is 1. The second-order valence-electron chi connectivity index (χ2n) is 7.00. The maximum absolute atomic E-state index is 14.0. The van der Waals surface area contributed by atoms with E-state index in [1.165, 1.54) is 18.0 Å². The number of likely N-dealkylation sites (tertiary alicyclic amines) is 1. The number of nitrogens with one attached hydrogen (secondary N) is 1. The number of anilines is 1. The van der Waals surface area contributed by atoms with Crippen molar-refractivity contribution < 1.29 is 9.13 Å². The normalized spacial score (nSPS) is 14.5. The third-order valence-corrected chi connectivity index (χ3v) is 6.76. The highest BCUT2D eigenvalue weighted by atomic mass is 35.5. The zero-order valence-corrected chi connectivity index (χ0v) is 21.1. The van der Waals surface area contributed by atoms with E-state index in [1.807, 2.05) is 37.4 Å². The van der Waals surface area contributed by atoms with Crippen LogP contribution in [0.5, 0.6) is 5.75 Å². The molecule has 1 saturated heterocycles. The molecule has 0 atom stereocenters. The van der Waals surface area contributed by atoms with Gasteiger partial charge in [0.25, 0.3) is 0 Å². The summed E-state index contributed by atoms with van der Waals surface area (Å²) in [5.41, 5.74) is 2.41. The number of hydrogen-bond acceptors (Lipinski definition) is 6. The molecule has 0 radical (unpaired) electrons. The minimum Gasteiger partial charge on any atom is -0.489 e. The Hall–Kier alpha value is -1.51. The predicted molar refractivity (Wildman–Crippen MR) is 135 cm³/mol. The largest absolute Gasteiger partial charge is 0.489 e. The van der Waals surface area contributed by atoms with Gasteiger partial charge in [0.05, 0.1) is 10.5 Å². The van der Waals surface area contributed by atoms with Crippen molar-refractivity contribution in [2.45, 2.75) is 44.2 Å². The quantitative estimate of drug-likeness (QED) is 0.326. The Labute approximate surface area is 207 Å². The number of halogens is 3. The minimum atomic E-state index is -0.216. The highest BCUT2D eigenvalue weighted by molar-refractivity contribution is 8.00. The molecule has 0 spiro atoms. The number of hydrogen-bond donors (Lipinski definition) is 1. The van der Waals surface area contributed by atoms with Gasteiger partial charge in [-0.2, -0.15) is 0 Å². The molecule has 0 aliphatic carbocycles. The summed E-state index contributed by atoms with van der Waals surface area (Å²) in [5.74, 6) is 1.30. The molecule has 4 rings (SSSR count). The number of nitrogens with zero attached hydrogens (tertiary/aromatic N) is 2. The Balaban J connectivity index is 0.00000141. The molecule has 4 nitrogen and oxygen atoms in total. The van der Waals surface area contributed by atoms with Crippen LogP contribution in [-0.2, 0) is 6.54 Å². The molecule has 2 heterocycles. The number of thiazole rings is 1. The summed E-state index contributed by atoms with van der Waals surface area (Å²) in [6.07, 6.45) is 1.82. The van der Waals surface area contributed by atoms with E-state index in [9.17, 15) is 4.39 Å². The standard InChI is InChI=1S/C21H20Cl2FN3OS2.C2H6/c22-15-1-3-19(24)14(9-15)11-27-7-5-16(6-8-27)28-20-4-2-17(10-18(20)23)30-26-21-12-29-13-25-21;1-2/h1-4,9-10,12-13,16,26H,5-8,11H2;1-2H3. The molecule has 3 aromatic rings. The first kappa shape index (κ1) is 25.1. The lowest BCUT2D eigenvalue weighted by Gasteiger charge is -2.32. The van der Waals surface area contributed by atoms with Gasteiger partial charge in [-0.25, -0.2) is 9.37 Å². The lowest BCUT2D eigenvalue weighted by atomic mass is 10.1. The highest BCUT2D eigenvalue weighted by Gasteiger charge is 2.22. The van der Waals surface area contributed by atoms with Gasteiger partial charge in [0.2, 0.25) is 0 Å². The van der Waals surface area contributed by atoms with Crippen LogP contribution in [-0.4, -0.2) is 29.1 Å². The van der Waals surface area contributed by atoms with Crippen LogP contribution in [0.1, 0.15) is 32.3 Å². The van der Waals surface area contributed by atoms with Crippen molar-refractivity contribution in [3.05, 3.63) is 68.7 Å².